The molecule has 100 valence electrons. The van der Waals surface area contributed by atoms with Gasteiger partial charge in [0, 0.05) is 0 Å². The molecule has 0 fully saturated rings. The number of aromatic nitrogens is 1. The summed E-state index contributed by atoms with van der Waals surface area (Å²) < 4.78 is 27.4. The van der Waals surface area contributed by atoms with E-state index in [1.807, 2.05) is 54.7 Å². The Kier molecular flexibility index (Phi) is 4.15. The van der Waals surface area contributed by atoms with Gasteiger partial charge < -0.3 is 0 Å². The van der Waals surface area contributed by atoms with Crippen LogP contribution in [0.2, 0.25) is 0 Å². The van der Waals surface area contributed by atoms with Gasteiger partial charge in [-0.25, -0.2) is 12.4 Å². The second kappa shape index (κ2) is 5.50. The van der Waals surface area contributed by atoms with Crippen LogP contribution in [0.3, 0.4) is 0 Å². The Balaban J connectivity index is 2.85. The first-order chi connectivity index (χ1) is 9.02. The first-order valence-electron chi connectivity index (χ1n) is 5.83. The van der Waals surface area contributed by atoms with Crippen molar-refractivity contribution in [3.05, 3.63) is 50.7 Å². The molecule has 0 saturated heterocycles. The molecule has 2 rings (SSSR count). The van der Waals surface area contributed by atoms with Crippen molar-refractivity contribution in [3.63, 3.8) is 0 Å². The van der Waals surface area contributed by atoms with Gasteiger partial charge >= 0.3 is 0 Å². The van der Waals surface area contributed by atoms with Crippen LogP contribution in [0.15, 0.2) is 41.3 Å². The number of halogens is 1. The van der Waals surface area contributed by atoms with E-state index in [4.69, 9.17) is 0 Å². The van der Waals surface area contributed by atoms with Crippen molar-refractivity contribution in [2.45, 2.75) is 18.7 Å². The highest BCUT2D eigenvalue weighted by atomic mass is 127. The smallest absolute Gasteiger partial charge is 0.228 e. The molecule has 0 aliphatic carbocycles. The van der Waals surface area contributed by atoms with Gasteiger partial charge in [0.25, 0.3) is 10.0 Å². The maximum absolute atomic E-state index is 12.7. The Hall–Kier alpha value is -1.08. The predicted octanol–water partition coefficient (Wildman–Crippen LogP) is 1.93. The van der Waals surface area contributed by atoms with Gasteiger partial charge in [0.15, 0.2) is 0 Å². The monoisotopic (exact) mass is 387 g/mol. The molecule has 0 bridgehead atoms. The fourth-order valence-corrected chi connectivity index (χ4v) is 4.79. The first kappa shape index (κ1) is 14.3. The summed E-state index contributed by atoms with van der Waals surface area (Å²) in [5.41, 5.74) is 0. The molecule has 1 heterocycles. The van der Waals surface area contributed by atoms with Gasteiger partial charge in [-0.3, -0.25) is 0 Å². The molecule has 0 amide bonds. The molecule has 0 aliphatic rings. The highest BCUT2D eigenvalue weighted by Crippen LogP contribution is 2.14. The molecule has 0 unspecified atom stereocenters. The lowest BCUT2D eigenvalue weighted by molar-refractivity contribution is 0.585. The molecule has 0 saturated carbocycles. The van der Waals surface area contributed by atoms with E-state index in [2.05, 4.69) is 0 Å². The quantitative estimate of drug-likeness (QED) is 0.739. The molecule has 1 aromatic carbocycles. The summed E-state index contributed by atoms with van der Waals surface area (Å²) >= 11 is 2.05. The minimum absolute atomic E-state index is 0.300. The zero-order valence-corrected chi connectivity index (χ0v) is 13.6. The molecular formula is C14H14INO2S. The van der Waals surface area contributed by atoms with Gasteiger partial charge in [0.2, 0.25) is 0 Å². The molecule has 0 N–H and O–H groups in total. The highest BCUT2D eigenvalue weighted by Gasteiger charge is 2.20. The largest absolute Gasteiger partial charge is 0.269 e. The number of nitrogens with zero attached hydrogens (tertiary/aromatic N) is 1. The number of hydrogen-bond donors (Lipinski definition) is 0. The number of rotatable bonds is 2. The van der Waals surface area contributed by atoms with Crippen molar-refractivity contribution >= 4 is 44.8 Å². The van der Waals surface area contributed by atoms with Crippen molar-refractivity contribution in [1.29, 1.82) is 0 Å². The summed E-state index contributed by atoms with van der Waals surface area (Å²) in [6.45, 7) is 3.74. The fourth-order valence-electron chi connectivity index (χ4n) is 1.95. The van der Waals surface area contributed by atoms with Gasteiger partial charge in [0.1, 0.15) is 0 Å². The van der Waals surface area contributed by atoms with Crippen LogP contribution in [0, 0.1) is 3.70 Å². The van der Waals surface area contributed by atoms with Crippen molar-refractivity contribution in [1.82, 2.24) is 3.97 Å². The minimum atomic E-state index is -3.54. The van der Waals surface area contributed by atoms with E-state index in [0.29, 0.717) is 13.9 Å². The zero-order chi connectivity index (χ0) is 14.0. The van der Waals surface area contributed by atoms with Crippen molar-refractivity contribution in [2.24, 2.45) is 0 Å². The van der Waals surface area contributed by atoms with E-state index in [1.54, 1.807) is 30.3 Å². The summed E-state index contributed by atoms with van der Waals surface area (Å²) in [5.74, 6) is 0. The van der Waals surface area contributed by atoms with E-state index in [9.17, 15) is 8.42 Å². The average Bonchev–Trinajstić information content (AvgIpc) is 2.76. The topological polar surface area (TPSA) is 39.1 Å². The van der Waals surface area contributed by atoms with Gasteiger partial charge in [-0.2, -0.15) is 0 Å². The Bertz CT molecular complexity index is 805. The lowest BCUT2D eigenvalue weighted by Gasteiger charge is -2.08. The average molecular weight is 387 g/mol. The third-order valence-electron chi connectivity index (χ3n) is 2.85. The molecule has 0 aliphatic heterocycles. The van der Waals surface area contributed by atoms with Gasteiger partial charge in [0.05, 0.1) is 13.9 Å². The van der Waals surface area contributed by atoms with Crippen LogP contribution in [0.5, 0.6) is 0 Å². The zero-order valence-electron chi connectivity index (χ0n) is 10.7. The summed E-state index contributed by atoms with van der Waals surface area (Å²) in [6.07, 6.45) is 3.73. The minimum Gasteiger partial charge on any atom is -0.228 e. The standard InChI is InChI=1S/C14H14INO2S/c1-3-11-10-14(15)16(13(11)4-2)19(17,18)12-8-6-5-7-9-12/h3-10H,1-2H3/b11-3-,13-4+. The fraction of sp³-hybridized carbons (Fsp3) is 0.143. The lowest BCUT2D eigenvalue weighted by Crippen LogP contribution is -2.33. The lowest BCUT2D eigenvalue weighted by atomic mass is 10.4. The second-order valence-electron chi connectivity index (χ2n) is 3.97. The molecule has 1 aromatic heterocycles. The third kappa shape index (κ3) is 2.49. The van der Waals surface area contributed by atoms with Crippen LogP contribution in [0.4, 0.5) is 0 Å². The Morgan fingerprint density at radius 3 is 2.26 bits per heavy atom. The molecule has 5 heteroatoms. The van der Waals surface area contributed by atoms with E-state index in [0.717, 1.165) is 5.22 Å². The maximum atomic E-state index is 12.7. The summed E-state index contributed by atoms with van der Waals surface area (Å²) in [5, 5.41) is 1.63. The van der Waals surface area contributed by atoms with Crippen LogP contribution in [-0.2, 0) is 10.0 Å². The Labute approximate surface area is 126 Å². The van der Waals surface area contributed by atoms with Crippen LogP contribution in [-0.4, -0.2) is 12.4 Å². The molecule has 2 aromatic rings. The highest BCUT2D eigenvalue weighted by molar-refractivity contribution is 14.1. The molecule has 19 heavy (non-hydrogen) atoms. The Morgan fingerprint density at radius 2 is 1.74 bits per heavy atom. The van der Waals surface area contributed by atoms with Crippen LogP contribution in [0.1, 0.15) is 13.8 Å². The second-order valence-corrected chi connectivity index (χ2v) is 6.86. The Morgan fingerprint density at radius 1 is 1.11 bits per heavy atom. The van der Waals surface area contributed by atoms with E-state index < -0.39 is 10.0 Å². The van der Waals surface area contributed by atoms with Gasteiger partial charge in [-0.15, -0.1) is 0 Å². The van der Waals surface area contributed by atoms with Crippen molar-refractivity contribution in [3.8, 4) is 0 Å². The van der Waals surface area contributed by atoms with Gasteiger partial charge in [-0.05, 0) is 59.9 Å². The summed E-state index contributed by atoms with van der Waals surface area (Å²) in [4.78, 5) is 0.300. The molecular weight excluding hydrogens is 373 g/mol. The number of benzene rings is 1. The molecule has 0 atom stereocenters. The normalized spacial score (nSPS) is 14.1. The van der Waals surface area contributed by atoms with Crippen molar-refractivity contribution < 1.29 is 8.42 Å². The molecule has 3 nitrogen and oxygen atoms in total. The van der Waals surface area contributed by atoms with Crippen LogP contribution < -0.4 is 10.6 Å². The third-order valence-corrected chi connectivity index (χ3v) is 5.71. The summed E-state index contributed by atoms with van der Waals surface area (Å²) in [7, 11) is -3.54. The van der Waals surface area contributed by atoms with E-state index >= 15 is 0 Å². The first-order valence-corrected chi connectivity index (χ1v) is 8.35. The summed E-state index contributed by atoms with van der Waals surface area (Å²) in [6, 6.07) is 10.4. The predicted molar refractivity (Wildman–Crippen MR) is 85.7 cm³/mol. The van der Waals surface area contributed by atoms with Gasteiger partial charge in [-0.1, -0.05) is 30.4 Å². The number of hydrogen-bond acceptors (Lipinski definition) is 2. The van der Waals surface area contributed by atoms with E-state index in [-0.39, 0.29) is 0 Å². The molecule has 0 spiro atoms. The van der Waals surface area contributed by atoms with Crippen molar-refractivity contribution in [2.75, 3.05) is 0 Å². The maximum Gasteiger partial charge on any atom is 0.269 e. The molecule has 0 radical (unpaired) electrons. The SMILES string of the molecule is C/C=c1/cc(I)n(S(=O)(=O)c2ccccc2)/c1=C/C. The van der Waals surface area contributed by atoms with Crippen LogP contribution in [0.25, 0.3) is 12.2 Å². The van der Waals surface area contributed by atoms with E-state index in [1.165, 1.54) is 3.97 Å². The van der Waals surface area contributed by atoms with Crippen LogP contribution >= 0.6 is 22.6 Å².